The highest BCUT2D eigenvalue weighted by Gasteiger charge is 1.76. The van der Waals surface area contributed by atoms with Gasteiger partial charge in [0.1, 0.15) is 0 Å². The Kier molecular flexibility index (Phi) is 7.45. The van der Waals surface area contributed by atoms with Crippen LogP contribution in [-0.4, -0.2) is 12.8 Å². The van der Waals surface area contributed by atoms with Gasteiger partial charge in [0.2, 0.25) is 0 Å². The summed E-state index contributed by atoms with van der Waals surface area (Å²) in [6, 6.07) is 0. The smallest absolute Gasteiger partial charge is 0.00693 e. The predicted octanol–water partition coefficient (Wildman–Crippen LogP) is 1.86. The van der Waals surface area contributed by atoms with Gasteiger partial charge in [0.25, 0.3) is 0 Å². The van der Waals surface area contributed by atoms with Crippen LogP contribution in [-0.2, 0) is 0 Å². The molecule has 0 amide bonds. The lowest BCUT2D eigenvalue weighted by Crippen LogP contribution is -1.98. The number of hydrogen-bond donors (Lipinski definition) is 1. The molecule has 1 unspecified atom stereocenters. The normalized spacial score (nSPS) is 11.1. The maximum absolute atomic E-state index is 3.28. The van der Waals surface area contributed by atoms with Crippen molar-refractivity contribution in [3.63, 3.8) is 0 Å². The minimum Gasteiger partial charge on any atom is -0.290 e. The first kappa shape index (κ1) is 7.74. The van der Waals surface area contributed by atoms with Crippen LogP contribution in [0.2, 0.25) is 0 Å². The van der Waals surface area contributed by atoms with Gasteiger partial charge in [0, 0.05) is 7.93 Å². The fourth-order valence-corrected chi connectivity index (χ4v) is 1.48. The lowest BCUT2D eigenvalue weighted by Gasteiger charge is -1.95. The van der Waals surface area contributed by atoms with Gasteiger partial charge in [-0.15, -0.1) is 11.4 Å². The van der Waals surface area contributed by atoms with E-state index in [0.29, 0.717) is 0 Å². The van der Waals surface area contributed by atoms with Gasteiger partial charge in [-0.25, -0.2) is 0 Å². The molecule has 3 heteroatoms. The van der Waals surface area contributed by atoms with E-state index in [9.17, 15) is 0 Å². The fraction of sp³-hybridized carbons (Fsp3) is 1.00. The van der Waals surface area contributed by atoms with Crippen LogP contribution in [0.3, 0.4) is 0 Å². The van der Waals surface area contributed by atoms with Crippen molar-refractivity contribution >= 4 is 19.3 Å². The number of nitrogens with one attached hydrogen (secondary N) is 1. The molecule has 44 valence electrons. The third-order valence-corrected chi connectivity index (χ3v) is 2.19. The first-order chi connectivity index (χ1) is 3.41. The summed E-state index contributed by atoms with van der Waals surface area (Å²) < 4.78 is 0. The standard InChI is InChI=1S/C4H12NPS/c1-3-4-5-6-7-2/h5-6H,3-4H2,1-2H3. The quantitative estimate of drug-likeness (QED) is 0.469. The second-order valence-electron chi connectivity index (χ2n) is 1.23. The van der Waals surface area contributed by atoms with Crippen molar-refractivity contribution in [2.75, 3.05) is 12.8 Å². The molecule has 0 aliphatic carbocycles. The number of hydrogen-bond acceptors (Lipinski definition) is 2. The molecule has 0 aliphatic heterocycles. The average molecular weight is 137 g/mol. The van der Waals surface area contributed by atoms with Crippen LogP contribution in [0.25, 0.3) is 0 Å². The Labute approximate surface area is 51.2 Å². The zero-order valence-corrected chi connectivity index (χ0v) is 6.64. The molecule has 1 atom stereocenters. The first-order valence-electron chi connectivity index (χ1n) is 2.42. The zero-order chi connectivity index (χ0) is 5.54. The topological polar surface area (TPSA) is 12.0 Å². The third-order valence-electron chi connectivity index (χ3n) is 0.549. The fourth-order valence-electron chi connectivity index (χ4n) is 0.248. The van der Waals surface area contributed by atoms with Crippen LogP contribution in [0.4, 0.5) is 0 Å². The first-order valence-corrected chi connectivity index (χ1v) is 5.37. The van der Waals surface area contributed by atoms with Gasteiger partial charge in [0.05, 0.1) is 0 Å². The summed E-state index contributed by atoms with van der Waals surface area (Å²) in [5.74, 6) is 0. The van der Waals surface area contributed by atoms with Gasteiger partial charge in [-0.2, -0.15) is 0 Å². The average Bonchev–Trinajstić information content (AvgIpc) is 1.69. The molecular weight excluding hydrogens is 125 g/mol. The molecule has 0 heterocycles. The van der Waals surface area contributed by atoms with E-state index in [-0.39, 0.29) is 0 Å². The molecule has 0 aromatic heterocycles. The maximum Gasteiger partial charge on any atom is 0.00693 e. The highest BCUT2D eigenvalue weighted by molar-refractivity contribution is 8.48. The van der Waals surface area contributed by atoms with Gasteiger partial charge < -0.3 is 0 Å². The van der Waals surface area contributed by atoms with E-state index in [0.717, 1.165) is 7.93 Å². The summed E-state index contributed by atoms with van der Waals surface area (Å²) in [7, 11) is 0.888. The molecule has 1 N–H and O–H groups in total. The molecule has 7 heavy (non-hydrogen) atoms. The molecule has 0 aromatic carbocycles. The summed E-state index contributed by atoms with van der Waals surface area (Å²) >= 11 is 1.86. The minimum atomic E-state index is 0.888. The van der Waals surface area contributed by atoms with E-state index in [4.69, 9.17) is 0 Å². The van der Waals surface area contributed by atoms with Gasteiger partial charge in [-0.05, 0) is 19.2 Å². The van der Waals surface area contributed by atoms with E-state index >= 15 is 0 Å². The Hall–Kier alpha value is 0.740. The Morgan fingerprint density at radius 1 is 1.71 bits per heavy atom. The Morgan fingerprint density at radius 2 is 2.43 bits per heavy atom. The van der Waals surface area contributed by atoms with Crippen molar-refractivity contribution in [2.24, 2.45) is 0 Å². The third kappa shape index (κ3) is 6.74. The Balaban J connectivity index is 2.45. The van der Waals surface area contributed by atoms with E-state index in [1.807, 2.05) is 11.4 Å². The molecular formula is C4H12NPS. The minimum absolute atomic E-state index is 0.888. The van der Waals surface area contributed by atoms with Crippen LogP contribution in [0.5, 0.6) is 0 Å². The van der Waals surface area contributed by atoms with E-state index in [2.05, 4.69) is 18.3 Å². The molecule has 0 fully saturated rings. The van der Waals surface area contributed by atoms with Crippen molar-refractivity contribution in [3.05, 3.63) is 0 Å². The molecule has 0 radical (unpaired) electrons. The maximum atomic E-state index is 3.28. The Morgan fingerprint density at radius 3 is 2.86 bits per heavy atom. The number of rotatable bonds is 4. The molecule has 0 saturated heterocycles. The predicted molar refractivity (Wildman–Crippen MR) is 40.1 cm³/mol. The van der Waals surface area contributed by atoms with Crippen molar-refractivity contribution < 1.29 is 0 Å². The molecule has 0 saturated carbocycles. The Bertz CT molecular complexity index is 30.9. The van der Waals surface area contributed by atoms with Crippen molar-refractivity contribution in [3.8, 4) is 0 Å². The van der Waals surface area contributed by atoms with E-state index < -0.39 is 0 Å². The van der Waals surface area contributed by atoms with Crippen molar-refractivity contribution in [1.29, 1.82) is 0 Å². The highest BCUT2D eigenvalue weighted by atomic mass is 32.7. The summed E-state index contributed by atoms with van der Waals surface area (Å²) in [6.45, 7) is 3.34. The largest absolute Gasteiger partial charge is 0.290 e. The summed E-state index contributed by atoms with van der Waals surface area (Å²) in [5.41, 5.74) is 0. The molecule has 0 bridgehead atoms. The van der Waals surface area contributed by atoms with Crippen LogP contribution in [0.1, 0.15) is 13.3 Å². The van der Waals surface area contributed by atoms with Crippen LogP contribution in [0, 0.1) is 0 Å². The zero-order valence-electron chi connectivity index (χ0n) is 4.82. The second-order valence-corrected chi connectivity index (χ2v) is 4.04. The van der Waals surface area contributed by atoms with Gasteiger partial charge in [-0.1, -0.05) is 6.92 Å². The van der Waals surface area contributed by atoms with Crippen LogP contribution < -0.4 is 5.09 Å². The molecule has 0 aliphatic rings. The summed E-state index contributed by atoms with van der Waals surface area (Å²) in [4.78, 5) is 0. The lowest BCUT2D eigenvalue weighted by atomic mass is 10.5. The lowest BCUT2D eigenvalue weighted by molar-refractivity contribution is 0.877. The van der Waals surface area contributed by atoms with Gasteiger partial charge in [0.15, 0.2) is 0 Å². The van der Waals surface area contributed by atoms with Crippen LogP contribution >= 0.6 is 19.3 Å². The second kappa shape index (κ2) is 6.74. The SMILES string of the molecule is CCCNPSC. The highest BCUT2D eigenvalue weighted by Crippen LogP contribution is 2.19. The molecule has 0 spiro atoms. The van der Waals surface area contributed by atoms with Gasteiger partial charge >= 0.3 is 0 Å². The van der Waals surface area contributed by atoms with Crippen molar-refractivity contribution in [2.45, 2.75) is 13.3 Å². The summed E-state index contributed by atoms with van der Waals surface area (Å²) in [6.07, 6.45) is 3.36. The van der Waals surface area contributed by atoms with E-state index in [1.54, 1.807) is 0 Å². The van der Waals surface area contributed by atoms with Crippen LogP contribution in [0.15, 0.2) is 0 Å². The van der Waals surface area contributed by atoms with Crippen molar-refractivity contribution in [1.82, 2.24) is 5.09 Å². The molecule has 1 nitrogen and oxygen atoms in total. The summed E-state index contributed by atoms with van der Waals surface area (Å²) in [5, 5.41) is 3.28. The molecule has 0 rings (SSSR count). The monoisotopic (exact) mass is 137 g/mol. The molecule has 0 aromatic rings. The van der Waals surface area contributed by atoms with Gasteiger partial charge in [-0.3, -0.25) is 5.09 Å². The van der Waals surface area contributed by atoms with E-state index in [1.165, 1.54) is 13.0 Å².